The number of carbonyl (C=O) groups excluding carboxylic acids is 3. The summed E-state index contributed by atoms with van der Waals surface area (Å²) in [5, 5.41) is 3.89. The Morgan fingerprint density at radius 3 is 2.58 bits per heavy atom. The molecule has 2 aliphatic heterocycles. The number of nitrogens with zero attached hydrogens (tertiary/aromatic N) is 3. The van der Waals surface area contributed by atoms with E-state index in [0.29, 0.717) is 55.7 Å². The van der Waals surface area contributed by atoms with Crippen LogP contribution in [0.5, 0.6) is 11.5 Å². The Morgan fingerprint density at radius 2 is 1.81 bits per heavy atom. The molecule has 1 fully saturated rings. The minimum Gasteiger partial charge on any atom is -0.486 e. The van der Waals surface area contributed by atoms with Gasteiger partial charge in [-0.3, -0.25) is 14.4 Å². The number of aromatic nitrogens is 1. The number of amides is 3. The van der Waals surface area contributed by atoms with Gasteiger partial charge in [-0.1, -0.05) is 0 Å². The molecule has 1 N–H and O–H groups in total. The summed E-state index contributed by atoms with van der Waals surface area (Å²) >= 11 is 0. The number of anilines is 2. The van der Waals surface area contributed by atoms with Gasteiger partial charge in [-0.25, -0.2) is 0 Å². The second-order valence-corrected chi connectivity index (χ2v) is 9.01. The number of nitrogens with one attached hydrogen (secondary N) is 1. The molecule has 2 aromatic carbocycles. The van der Waals surface area contributed by atoms with E-state index in [9.17, 15) is 14.4 Å². The third-order valence-electron chi connectivity index (χ3n) is 6.79. The van der Waals surface area contributed by atoms with E-state index in [1.54, 1.807) is 21.9 Å². The van der Waals surface area contributed by atoms with Crippen molar-refractivity contribution in [3.63, 3.8) is 0 Å². The summed E-state index contributed by atoms with van der Waals surface area (Å²) in [6.07, 6.45) is 2.03. The highest BCUT2D eigenvalue weighted by Crippen LogP contribution is 2.36. The van der Waals surface area contributed by atoms with E-state index in [1.165, 1.54) is 0 Å². The summed E-state index contributed by atoms with van der Waals surface area (Å²) in [6.45, 7) is 6.85. The van der Waals surface area contributed by atoms with E-state index in [2.05, 4.69) is 5.32 Å². The van der Waals surface area contributed by atoms with E-state index in [1.807, 2.05) is 54.9 Å². The fraction of sp³-hybridized carbons (Fsp3) is 0.370. The van der Waals surface area contributed by atoms with Crippen LogP contribution in [-0.4, -0.2) is 60.0 Å². The second kappa shape index (κ2) is 9.93. The Labute approximate surface area is 209 Å². The highest BCUT2D eigenvalue weighted by molar-refractivity contribution is 6.04. The van der Waals surface area contributed by atoms with Crippen LogP contribution in [0.1, 0.15) is 20.3 Å². The molecule has 1 atom stereocenters. The minimum atomic E-state index is -0.460. The maximum absolute atomic E-state index is 13.0. The van der Waals surface area contributed by atoms with E-state index >= 15 is 0 Å². The van der Waals surface area contributed by atoms with Gasteiger partial charge in [0.1, 0.15) is 19.8 Å². The first kappa shape index (κ1) is 23.7. The molecule has 5 rings (SSSR count). The van der Waals surface area contributed by atoms with Crippen LogP contribution >= 0.6 is 0 Å². The molecule has 0 spiro atoms. The van der Waals surface area contributed by atoms with Crippen LogP contribution in [0.15, 0.2) is 48.7 Å². The molecule has 3 aromatic rings. The lowest BCUT2D eigenvalue weighted by Crippen LogP contribution is -2.33. The van der Waals surface area contributed by atoms with Gasteiger partial charge in [0.25, 0.3) is 0 Å². The topological polar surface area (TPSA) is 93.1 Å². The average Bonchev–Trinajstić information content (AvgIpc) is 3.47. The molecule has 9 nitrogen and oxygen atoms in total. The summed E-state index contributed by atoms with van der Waals surface area (Å²) in [7, 11) is 0. The standard InChI is InChI=1S/C27H30N4O5/c1-3-29(4-2)26(33)17-30-10-9-18-13-20(5-7-22(18)30)28-27(34)19-14-25(32)31(16-19)21-6-8-23-24(15-21)36-12-11-35-23/h5-10,13,15,19H,3-4,11-12,14,16-17H2,1-2H3,(H,28,34). The average molecular weight is 491 g/mol. The van der Waals surface area contributed by atoms with Crippen molar-refractivity contribution < 1.29 is 23.9 Å². The normalized spacial score (nSPS) is 16.9. The molecule has 0 radical (unpaired) electrons. The van der Waals surface area contributed by atoms with Crippen LogP contribution in [0.3, 0.4) is 0 Å². The molecular formula is C27H30N4O5. The number of rotatable bonds is 7. The third-order valence-corrected chi connectivity index (χ3v) is 6.79. The predicted octanol–water partition coefficient (Wildman–Crippen LogP) is 3.27. The van der Waals surface area contributed by atoms with Crippen molar-refractivity contribution >= 4 is 40.0 Å². The SMILES string of the molecule is CCN(CC)C(=O)Cn1ccc2cc(NC(=O)C3CC(=O)N(c4ccc5c(c4)OCCO5)C3)ccc21. The summed E-state index contributed by atoms with van der Waals surface area (Å²) in [5.41, 5.74) is 2.28. The lowest BCUT2D eigenvalue weighted by atomic mass is 10.1. The van der Waals surface area contributed by atoms with Gasteiger partial charge in [-0.05, 0) is 50.2 Å². The van der Waals surface area contributed by atoms with Crippen LogP contribution < -0.4 is 19.7 Å². The molecule has 1 aromatic heterocycles. The van der Waals surface area contributed by atoms with Crippen molar-refractivity contribution in [2.24, 2.45) is 5.92 Å². The third kappa shape index (κ3) is 4.60. The van der Waals surface area contributed by atoms with Gasteiger partial charge in [0.15, 0.2) is 11.5 Å². The number of carbonyl (C=O) groups is 3. The molecule has 0 bridgehead atoms. The van der Waals surface area contributed by atoms with Crippen molar-refractivity contribution in [3.05, 3.63) is 48.7 Å². The van der Waals surface area contributed by atoms with Crippen LogP contribution in [0.4, 0.5) is 11.4 Å². The lowest BCUT2D eigenvalue weighted by molar-refractivity contribution is -0.131. The van der Waals surface area contributed by atoms with Gasteiger partial charge in [0.2, 0.25) is 17.7 Å². The zero-order valence-electron chi connectivity index (χ0n) is 20.5. The zero-order valence-corrected chi connectivity index (χ0v) is 20.5. The van der Waals surface area contributed by atoms with Crippen LogP contribution in [0.2, 0.25) is 0 Å². The highest BCUT2D eigenvalue weighted by Gasteiger charge is 2.35. The summed E-state index contributed by atoms with van der Waals surface area (Å²) < 4.78 is 13.1. The van der Waals surface area contributed by atoms with Crippen LogP contribution in [0, 0.1) is 5.92 Å². The predicted molar refractivity (Wildman–Crippen MR) is 136 cm³/mol. The quantitative estimate of drug-likeness (QED) is 0.549. The first-order valence-corrected chi connectivity index (χ1v) is 12.3. The van der Waals surface area contributed by atoms with Crippen molar-refractivity contribution in [1.29, 1.82) is 0 Å². The van der Waals surface area contributed by atoms with Gasteiger partial charge in [-0.2, -0.15) is 0 Å². The molecule has 0 aliphatic carbocycles. The van der Waals surface area contributed by atoms with Crippen molar-refractivity contribution in [3.8, 4) is 11.5 Å². The van der Waals surface area contributed by atoms with Gasteiger partial charge in [-0.15, -0.1) is 0 Å². The number of ether oxygens (including phenoxy) is 2. The Balaban J connectivity index is 1.25. The molecule has 3 amide bonds. The minimum absolute atomic E-state index is 0.0725. The first-order chi connectivity index (χ1) is 17.5. The first-order valence-electron chi connectivity index (χ1n) is 12.3. The Kier molecular flexibility index (Phi) is 6.54. The fourth-order valence-corrected chi connectivity index (χ4v) is 4.81. The molecule has 36 heavy (non-hydrogen) atoms. The van der Waals surface area contributed by atoms with Crippen molar-refractivity contribution in [2.75, 3.05) is 43.1 Å². The highest BCUT2D eigenvalue weighted by atomic mass is 16.6. The number of likely N-dealkylation sites (N-methyl/N-ethyl adjacent to an activating group) is 1. The molecule has 1 saturated heterocycles. The van der Waals surface area contributed by atoms with Crippen molar-refractivity contribution in [1.82, 2.24) is 9.47 Å². The van der Waals surface area contributed by atoms with Gasteiger partial charge >= 0.3 is 0 Å². The Bertz CT molecular complexity index is 1310. The van der Waals surface area contributed by atoms with E-state index in [-0.39, 0.29) is 30.7 Å². The van der Waals surface area contributed by atoms with Gasteiger partial charge < -0.3 is 29.2 Å². The fourth-order valence-electron chi connectivity index (χ4n) is 4.81. The van der Waals surface area contributed by atoms with Crippen LogP contribution in [-0.2, 0) is 20.9 Å². The number of hydrogen-bond donors (Lipinski definition) is 1. The van der Waals surface area contributed by atoms with E-state index in [4.69, 9.17) is 9.47 Å². The van der Waals surface area contributed by atoms with E-state index < -0.39 is 5.92 Å². The van der Waals surface area contributed by atoms with E-state index in [0.717, 1.165) is 10.9 Å². The molecular weight excluding hydrogens is 460 g/mol. The monoisotopic (exact) mass is 490 g/mol. The van der Waals surface area contributed by atoms with Crippen molar-refractivity contribution in [2.45, 2.75) is 26.8 Å². The molecule has 1 unspecified atom stereocenters. The second-order valence-electron chi connectivity index (χ2n) is 9.01. The molecule has 3 heterocycles. The molecule has 2 aliphatic rings. The lowest BCUT2D eigenvalue weighted by Gasteiger charge is -2.22. The maximum atomic E-state index is 13.0. The largest absolute Gasteiger partial charge is 0.486 e. The van der Waals surface area contributed by atoms with Crippen LogP contribution in [0.25, 0.3) is 10.9 Å². The number of fused-ring (bicyclic) bond motifs is 2. The zero-order chi connectivity index (χ0) is 25.2. The number of hydrogen-bond acceptors (Lipinski definition) is 5. The number of benzene rings is 2. The smallest absolute Gasteiger partial charge is 0.242 e. The summed E-state index contributed by atoms with van der Waals surface area (Å²) in [4.78, 5) is 41.6. The Morgan fingerprint density at radius 1 is 1.03 bits per heavy atom. The molecule has 188 valence electrons. The summed E-state index contributed by atoms with van der Waals surface area (Å²) in [6, 6.07) is 13.0. The molecule has 9 heteroatoms. The summed E-state index contributed by atoms with van der Waals surface area (Å²) in [5.74, 6) is 0.586. The molecule has 0 saturated carbocycles. The maximum Gasteiger partial charge on any atom is 0.242 e. The van der Waals surface area contributed by atoms with Gasteiger partial charge in [0.05, 0.1) is 5.92 Å². The Hall–Kier alpha value is -4.01. The van der Waals surface area contributed by atoms with Gasteiger partial charge in [0, 0.05) is 60.6 Å².